The summed E-state index contributed by atoms with van der Waals surface area (Å²) in [7, 11) is 0. The van der Waals surface area contributed by atoms with Crippen LogP contribution in [0.4, 0.5) is 5.82 Å². The van der Waals surface area contributed by atoms with Crippen molar-refractivity contribution in [3.8, 4) is 11.1 Å². The first kappa shape index (κ1) is 20.2. The summed E-state index contributed by atoms with van der Waals surface area (Å²) < 4.78 is 0. The van der Waals surface area contributed by atoms with Gasteiger partial charge in [0.1, 0.15) is 5.82 Å². The number of aliphatic hydroxyl groups excluding tert-OH is 1. The van der Waals surface area contributed by atoms with E-state index >= 15 is 0 Å². The lowest BCUT2D eigenvalue weighted by atomic mass is 9.79. The molecule has 6 heteroatoms. The lowest BCUT2D eigenvalue weighted by molar-refractivity contribution is 0.0770. The molecule has 2 aliphatic heterocycles. The van der Waals surface area contributed by atoms with Gasteiger partial charge in [-0.2, -0.15) is 0 Å². The average Bonchev–Trinajstić information content (AvgIpc) is 3.17. The summed E-state index contributed by atoms with van der Waals surface area (Å²) in [6.45, 7) is 4.44. The van der Waals surface area contributed by atoms with Gasteiger partial charge in [0.15, 0.2) is 0 Å². The molecule has 1 atom stereocenters. The number of likely N-dealkylation sites (tertiary alicyclic amines) is 1. The zero-order chi connectivity index (χ0) is 20.6. The van der Waals surface area contributed by atoms with Gasteiger partial charge < -0.3 is 10.0 Å². The fraction of sp³-hybridized carbons (Fsp3) is 0.583. The molecule has 160 valence electrons. The van der Waals surface area contributed by atoms with Crippen LogP contribution in [0.15, 0.2) is 36.8 Å². The highest BCUT2D eigenvalue weighted by atomic mass is 35.5. The molecule has 1 spiro atoms. The molecule has 5 rings (SSSR count). The summed E-state index contributed by atoms with van der Waals surface area (Å²) in [6.07, 6.45) is 13.4. The maximum absolute atomic E-state index is 9.84. The van der Waals surface area contributed by atoms with Gasteiger partial charge in [0.25, 0.3) is 0 Å². The van der Waals surface area contributed by atoms with Crippen LogP contribution in [0.1, 0.15) is 44.9 Å². The zero-order valence-corrected chi connectivity index (χ0v) is 18.3. The van der Waals surface area contributed by atoms with Gasteiger partial charge in [-0.15, -0.1) is 0 Å². The summed E-state index contributed by atoms with van der Waals surface area (Å²) in [5.74, 6) is 0.924. The molecule has 0 unspecified atom stereocenters. The third kappa shape index (κ3) is 4.08. The van der Waals surface area contributed by atoms with Crippen LogP contribution in [-0.4, -0.2) is 58.3 Å². The number of anilines is 1. The van der Waals surface area contributed by atoms with Gasteiger partial charge in [-0.25, -0.2) is 4.98 Å². The Labute approximate surface area is 184 Å². The SMILES string of the molecule is OC1CCC(N2CC[C@]3(CCCN(c4ncc(-c5ccncc5)cc4Cl)C3)C2)CC1. The van der Waals surface area contributed by atoms with E-state index in [-0.39, 0.29) is 6.10 Å². The summed E-state index contributed by atoms with van der Waals surface area (Å²) in [5.41, 5.74) is 2.47. The second-order valence-electron chi connectivity index (χ2n) is 9.47. The van der Waals surface area contributed by atoms with Crippen molar-refractivity contribution in [2.24, 2.45) is 5.41 Å². The molecular formula is C24H31ClN4O. The minimum absolute atomic E-state index is 0.0775. The summed E-state index contributed by atoms with van der Waals surface area (Å²) in [5, 5.41) is 10.6. The molecule has 2 aromatic heterocycles. The normalized spacial score (nSPS) is 30.1. The van der Waals surface area contributed by atoms with Crippen molar-refractivity contribution in [1.29, 1.82) is 0 Å². The molecule has 3 aliphatic rings. The summed E-state index contributed by atoms with van der Waals surface area (Å²) in [4.78, 5) is 14.0. The molecule has 0 aromatic carbocycles. The predicted octanol–water partition coefficient (Wildman–Crippen LogP) is 4.39. The Kier molecular flexibility index (Phi) is 5.69. The van der Waals surface area contributed by atoms with E-state index in [9.17, 15) is 5.11 Å². The van der Waals surface area contributed by atoms with Crippen LogP contribution < -0.4 is 4.90 Å². The highest BCUT2D eigenvalue weighted by Crippen LogP contribution is 2.43. The largest absolute Gasteiger partial charge is 0.393 e. The number of aromatic nitrogens is 2. The van der Waals surface area contributed by atoms with Gasteiger partial charge in [0.2, 0.25) is 0 Å². The number of hydrogen-bond acceptors (Lipinski definition) is 5. The van der Waals surface area contributed by atoms with E-state index in [1.165, 1.54) is 32.4 Å². The molecule has 0 amide bonds. The quantitative estimate of drug-likeness (QED) is 0.788. The Bertz CT molecular complexity index is 871. The van der Waals surface area contributed by atoms with Crippen LogP contribution in [0.2, 0.25) is 5.02 Å². The third-order valence-electron chi connectivity index (χ3n) is 7.45. The first-order valence-corrected chi connectivity index (χ1v) is 11.7. The van der Waals surface area contributed by atoms with Crippen molar-refractivity contribution in [1.82, 2.24) is 14.9 Å². The first-order valence-electron chi connectivity index (χ1n) is 11.3. The lowest BCUT2D eigenvalue weighted by Crippen LogP contribution is -2.46. The molecule has 2 saturated heterocycles. The van der Waals surface area contributed by atoms with Gasteiger partial charge in [-0.05, 0) is 75.3 Å². The lowest BCUT2D eigenvalue weighted by Gasteiger charge is -2.42. The Morgan fingerprint density at radius 1 is 1.00 bits per heavy atom. The Balaban J connectivity index is 1.29. The number of hydrogen-bond donors (Lipinski definition) is 1. The van der Waals surface area contributed by atoms with E-state index < -0.39 is 0 Å². The second-order valence-corrected chi connectivity index (χ2v) is 9.88. The molecule has 2 aromatic rings. The van der Waals surface area contributed by atoms with E-state index in [1.807, 2.05) is 24.4 Å². The standard InChI is InChI=1S/C24H31ClN4O/c25-22-14-19(18-6-10-26-11-7-18)15-27-23(22)29-12-1-8-24(17-29)9-13-28(16-24)20-2-4-21(30)5-3-20/h6-7,10-11,14-15,20-21,30H,1-5,8-9,12-13,16-17H2/t20?,21?,24-/m1/s1. The van der Waals surface area contributed by atoms with E-state index in [4.69, 9.17) is 16.6 Å². The average molecular weight is 427 g/mol. The highest BCUT2D eigenvalue weighted by molar-refractivity contribution is 6.33. The van der Waals surface area contributed by atoms with E-state index in [1.54, 1.807) is 12.4 Å². The van der Waals surface area contributed by atoms with Gasteiger partial charge in [0, 0.05) is 55.2 Å². The number of rotatable bonds is 3. The number of piperidine rings is 1. The van der Waals surface area contributed by atoms with E-state index in [0.717, 1.165) is 60.7 Å². The van der Waals surface area contributed by atoms with Gasteiger partial charge in [0.05, 0.1) is 11.1 Å². The molecule has 0 radical (unpaired) electrons. The number of halogens is 1. The molecule has 1 N–H and O–H groups in total. The predicted molar refractivity (Wildman–Crippen MR) is 121 cm³/mol. The Morgan fingerprint density at radius 3 is 2.57 bits per heavy atom. The minimum Gasteiger partial charge on any atom is -0.393 e. The smallest absolute Gasteiger partial charge is 0.147 e. The molecular weight excluding hydrogens is 396 g/mol. The maximum atomic E-state index is 9.84. The summed E-state index contributed by atoms with van der Waals surface area (Å²) >= 11 is 6.72. The van der Waals surface area contributed by atoms with Crippen LogP contribution >= 0.6 is 11.6 Å². The number of pyridine rings is 2. The zero-order valence-electron chi connectivity index (χ0n) is 17.5. The van der Waals surface area contributed by atoms with Crippen molar-refractivity contribution in [2.75, 3.05) is 31.1 Å². The van der Waals surface area contributed by atoms with Crippen LogP contribution in [-0.2, 0) is 0 Å². The van der Waals surface area contributed by atoms with Crippen molar-refractivity contribution < 1.29 is 5.11 Å². The first-order chi connectivity index (χ1) is 14.6. The van der Waals surface area contributed by atoms with Crippen molar-refractivity contribution in [2.45, 2.75) is 57.1 Å². The van der Waals surface area contributed by atoms with Crippen LogP contribution in [0, 0.1) is 5.41 Å². The Morgan fingerprint density at radius 2 is 1.80 bits per heavy atom. The molecule has 1 aliphatic carbocycles. The molecule has 0 bridgehead atoms. The fourth-order valence-electron chi connectivity index (χ4n) is 5.79. The van der Waals surface area contributed by atoms with Crippen molar-refractivity contribution in [3.05, 3.63) is 41.8 Å². The Hall–Kier alpha value is -1.69. The third-order valence-corrected chi connectivity index (χ3v) is 7.72. The van der Waals surface area contributed by atoms with Crippen molar-refractivity contribution >= 4 is 17.4 Å². The minimum atomic E-state index is -0.0775. The molecule has 4 heterocycles. The van der Waals surface area contributed by atoms with E-state index in [0.29, 0.717) is 11.5 Å². The van der Waals surface area contributed by atoms with Gasteiger partial charge >= 0.3 is 0 Å². The molecule has 3 fully saturated rings. The monoisotopic (exact) mass is 426 g/mol. The second kappa shape index (κ2) is 8.45. The molecule has 5 nitrogen and oxygen atoms in total. The number of aliphatic hydroxyl groups is 1. The van der Waals surface area contributed by atoms with Crippen LogP contribution in [0.5, 0.6) is 0 Å². The maximum Gasteiger partial charge on any atom is 0.147 e. The fourth-order valence-corrected chi connectivity index (χ4v) is 6.08. The topological polar surface area (TPSA) is 52.5 Å². The van der Waals surface area contributed by atoms with Crippen LogP contribution in [0.3, 0.4) is 0 Å². The molecule has 1 saturated carbocycles. The van der Waals surface area contributed by atoms with E-state index in [2.05, 4.69) is 14.8 Å². The molecule has 30 heavy (non-hydrogen) atoms. The van der Waals surface area contributed by atoms with Gasteiger partial charge in [-0.3, -0.25) is 9.88 Å². The van der Waals surface area contributed by atoms with Crippen LogP contribution in [0.25, 0.3) is 11.1 Å². The van der Waals surface area contributed by atoms with Crippen molar-refractivity contribution in [3.63, 3.8) is 0 Å². The summed E-state index contributed by atoms with van der Waals surface area (Å²) in [6, 6.07) is 6.67. The highest BCUT2D eigenvalue weighted by Gasteiger charge is 2.44. The number of nitrogens with zero attached hydrogens (tertiary/aromatic N) is 4. The van der Waals surface area contributed by atoms with Gasteiger partial charge in [-0.1, -0.05) is 11.6 Å².